The molecular weight excluding hydrogens is 689 g/mol. The molecule has 0 aliphatic rings. The molecule has 0 rings (SSSR count). The molecule has 0 amide bonds. The predicted octanol–water partition coefficient (Wildman–Crippen LogP) is 12.2. The smallest absolute Gasteiger partial charge is 0.462 e. The zero-order valence-electron chi connectivity index (χ0n) is 34.0. The zero-order valence-corrected chi connectivity index (χ0v) is 34.9. The van der Waals surface area contributed by atoms with Crippen LogP contribution in [-0.4, -0.2) is 49.3 Å². The maximum atomic E-state index is 12.5. The van der Waals surface area contributed by atoms with Gasteiger partial charge in [0.1, 0.15) is 6.61 Å². The lowest BCUT2D eigenvalue weighted by Crippen LogP contribution is -2.29. The first-order chi connectivity index (χ1) is 25.8. The number of hydrogen-bond acceptors (Lipinski definition) is 8. The number of carbonyl (C=O) groups is 2. The van der Waals surface area contributed by atoms with Crippen molar-refractivity contribution in [3.63, 3.8) is 0 Å². The average Bonchev–Trinajstić information content (AvgIpc) is 3.14. The van der Waals surface area contributed by atoms with Gasteiger partial charge >= 0.3 is 19.8 Å². The Hall–Kier alpha value is -1.77. The highest BCUT2D eigenvalue weighted by Crippen LogP contribution is 2.43. The van der Waals surface area contributed by atoms with Crippen molar-refractivity contribution in [1.82, 2.24) is 0 Å². The number of allylic oxidation sites excluding steroid dienone is 6. The molecule has 0 aromatic heterocycles. The molecule has 2 atom stereocenters. The van der Waals surface area contributed by atoms with Crippen LogP contribution in [0.15, 0.2) is 36.5 Å². The molecule has 0 aromatic rings. The Kier molecular flexibility index (Phi) is 38.6. The molecule has 0 spiro atoms. The summed E-state index contributed by atoms with van der Waals surface area (Å²) < 4.78 is 32.6. The van der Waals surface area contributed by atoms with Crippen LogP contribution in [0.4, 0.5) is 0 Å². The number of ether oxygens (including phenoxy) is 2. The number of phosphoric acid groups is 1. The quantitative estimate of drug-likeness (QED) is 0.0270. The Balaban J connectivity index is 4.27. The first-order valence-electron chi connectivity index (χ1n) is 21.5. The van der Waals surface area contributed by atoms with Gasteiger partial charge in [0.15, 0.2) is 6.10 Å². The largest absolute Gasteiger partial charge is 0.472 e. The molecule has 10 heteroatoms. The Morgan fingerprint density at radius 3 is 1.47 bits per heavy atom. The second-order valence-corrected chi connectivity index (χ2v) is 15.7. The number of esters is 2. The van der Waals surface area contributed by atoms with E-state index in [4.69, 9.17) is 24.3 Å². The van der Waals surface area contributed by atoms with Crippen molar-refractivity contribution in [3.05, 3.63) is 36.5 Å². The third kappa shape index (κ3) is 39.7. The van der Waals surface area contributed by atoms with Crippen LogP contribution in [0, 0.1) is 0 Å². The van der Waals surface area contributed by atoms with E-state index < -0.39 is 32.5 Å². The summed E-state index contributed by atoms with van der Waals surface area (Å²) in [5, 5.41) is 0. The molecule has 0 fully saturated rings. The zero-order chi connectivity index (χ0) is 38.9. The van der Waals surface area contributed by atoms with Gasteiger partial charge in [-0.25, -0.2) is 4.57 Å². The minimum absolute atomic E-state index is 0.0420. The van der Waals surface area contributed by atoms with Crippen LogP contribution in [-0.2, 0) is 32.7 Å². The molecule has 0 bridgehead atoms. The summed E-state index contributed by atoms with van der Waals surface area (Å²) in [6.07, 6.45) is 43.5. The maximum absolute atomic E-state index is 12.5. The van der Waals surface area contributed by atoms with Crippen molar-refractivity contribution in [3.8, 4) is 0 Å². The lowest BCUT2D eigenvalue weighted by atomic mass is 10.1. The number of phosphoric ester groups is 1. The molecular formula is C43H80NO8P. The summed E-state index contributed by atoms with van der Waals surface area (Å²) in [5.41, 5.74) is 5.34. The molecule has 3 N–H and O–H groups in total. The Labute approximate surface area is 324 Å². The van der Waals surface area contributed by atoms with Gasteiger partial charge in [-0.2, -0.15) is 0 Å². The van der Waals surface area contributed by atoms with Crippen LogP contribution in [0.2, 0.25) is 0 Å². The number of hydrogen-bond donors (Lipinski definition) is 2. The highest BCUT2D eigenvalue weighted by atomic mass is 31.2. The minimum atomic E-state index is -4.39. The molecule has 0 aliphatic carbocycles. The summed E-state index contributed by atoms with van der Waals surface area (Å²) >= 11 is 0. The monoisotopic (exact) mass is 770 g/mol. The Bertz CT molecular complexity index is 970. The van der Waals surface area contributed by atoms with Crippen molar-refractivity contribution in [2.24, 2.45) is 5.73 Å². The van der Waals surface area contributed by atoms with E-state index in [1.165, 1.54) is 128 Å². The SMILES string of the molecule is CCCCCCCCCCCCC=CCC=CCCC(=O)OC(COC(=O)CCC=CCCCCCCCCCCCCC)COP(=O)(O)OCCN. The molecule has 2 unspecified atom stereocenters. The van der Waals surface area contributed by atoms with E-state index >= 15 is 0 Å². The molecule has 0 radical (unpaired) electrons. The van der Waals surface area contributed by atoms with Crippen molar-refractivity contribution in [1.29, 1.82) is 0 Å². The maximum Gasteiger partial charge on any atom is 0.472 e. The number of unbranched alkanes of at least 4 members (excludes halogenated alkanes) is 21. The van der Waals surface area contributed by atoms with Gasteiger partial charge in [0, 0.05) is 19.4 Å². The highest BCUT2D eigenvalue weighted by molar-refractivity contribution is 7.47. The third-order valence-electron chi connectivity index (χ3n) is 9.03. The van der Waals surface area contributed by atoms with E-state index in [1.807, 2.05) is 18.2 Å². The molecule has 0 saturated heterocycles. The van der Waals surface area contributed by atoms with E-state index in [0.717, 1.165) is 25.7 Å². The molecule has 0 heterocycles. The number of nitrogens with two attached hydrogens (primary N) is 1. The molecule has 9 nitrogen and oxygen atoms in total. The topological polar surface area (TPSA) is 134 Å². The second-order valence-electron chi connectivity index (χ2n) is 14.2. The fourth-order valence-corrected chi connectivity index (χ4v) is 6.59. The van der Waals surface area contributed by atoms with Gasteiger partial charge in [-0.3, -0.25) is 18.6 Å². The van der Waals surface area contributed by atoms with E-state index in [9.17, 15) is 19.0 Å². The van der Waals surface area contributed by atoms with Crippen LogP contribution in [0.5, 0.6) is 0 Å². The first kappa shape index (κ1) is 51.2. The van der Waals surface area contributed by atoms with Crippen molar-refractivity contribution in [2.45, 2.75) is 200 Å². The third-order valence-corrected chi connectivity index (χ3v) is 10.0. The summed E-state index contributed by atoms with van der Waals surface area (Å²) in [6.45, 7) is 3.64. The van der Waals surface area contributed by atoms with Gasteiger partial charge in [-0.15, -0.1) is 0 Å². The molecule has 310 valence electrons. The van der Waals surface area contributed by atoms with Gasteiger partial charge in [0.25, 0.3) is 0 Å². The lowest BCUT2D eigenvalue weighted by Gasteiger charge is -2.19. The highest BCUT2D eigenvalue weighted by Gasteiger charge is 2.25. The van der Waals surface area contributed by atoms with Crippen LogP contribution in [0.1, 0.15) is 194 Å². The van der Waals surface area contributed by atoms with E-state index in [-0.39, 0.29) is 32.6 Å². The molecule has 0 saturated carbocycles. The summed E-state index contributed by atoms with van der Waals surface area (Å²) in [4.78, 5) is 34.7. The van der Waals surface area contributed by atoms with Crippen molar-refractivity contribution >= 4 is 19.8 Å². The van der Waals surface area contributed by atoms with E-state index in [0.29, 0.717) is 12.8 Å². The van der Waals surface area contributed by atoms with Gasteiger partial charge in [-0.05, 0) is 44.9 Å². The van der Waals surface area contributed by atoms with Crippen LogP contribution in [0.3, 0.4) is 0 Å². The molecule has 0 aromatic carbocycles. The van der Waals surface area contributed by atoms with Crippen molar-refractivity contribution < 1.29 is 37.6 Å². The number of carbonyl (C=O) groups excluding carboxylic acids is 2. The van der Waals surface area contributed by atoms with E-state index in [2.05, 4.69) is 32.1 Å². The van der Waals surface area contributed by atoms with Crippen LogP contribution >= 0.6 is 7.82 Å². The van der Waals surface area contributed by atoms with Gasteiger partial charge in [-0.1, -0.05) is 172 Å². The summed E-state index contributed by atoms with van der Waals surface area (Å²) in [6, 6.07) is 0. The standard InChI is InChI=1S/C43H80NO8P/c1-3-5-7-9-11-13-15-17-19-20-22-24-26-28-30-32-34-36-43(46)52-41(40-51-53(47,48)50-38-37-44)39-49-42(45)35-33-31-29-27-25-23-21-18-16-14-12-10-8-6-4-2/h24,26,29-32,41H,3-23,25,27-28,33-40,44H2,1-2H3,(H,47,48). The lowest BCUT2D eigenvalue weighted by molar-refractivity contribution is -0.161. The predicted molar refractivity (Wildman–Crippen MR) is 220 cm³/mol. The van der Waals surface area contributed by atoms with Crippen molar-refractivity contribution in [2.75, 3.05) is 26.4 Å². The minimum Gasteiger partial charge on any atom is -0.462 e. The second kappa shape index (κ2) is 39.9. The van der Waals surface area contributed by atoms with Crippen LogP contribution < -0.4 is 5.73 Å². The molecule has 53 heavy (non-hydrogen) atoms. The normalized spacial score (nSPS) is 13.7. The van der Waals surface area contributed by atoms with E-state index in [1.54, 1.807) is 0 Å². The summed E-state index contributed by atoms with van der Waals surface area (Å²) in [7, 11) is -4.39. The Morgan fingerprint density at radius 2 is 0.981 bits per heavy atom. The fourth-order valence-electron chi connectivity index (χ4n) is 5.82. The Morgan fingerprint density at radius 1 is 0.566 bits per heavy atom. The molecule has 0 aliphatic heterocycles. The summed E-state index contributed by atoms with van der Waals surface area (Å²) in [5.74, 6) is -0.960. The first-order valence-corrected chi connectivity index (χ1v) is 23.0. The number of rotatable bonds is 40. The van der Waals surface area contributed by atoms with Crippen LogP contribution in [0.25, 0.3) is 0 Å². The van der Waals surface area contributed by atoms with Gasteiger partial charge < -0.3 is 20.1 Å². The van der Waals surface area contributed by atoms with Gasteiger partial charge in [0.05, 0.1) is 13.2 Å². The van der Waals surface area contributed by atoms with Gasteiger partial charge in [0.2, 0.25) is 0 Å². The average molecular weight is 770 g/mol. The fraction of sp³-hybridized carbons (Fsp3) is 0.814.